The quantitative estimate of drug-likeness (QED) is 0.705. The van der Waals surface area contributed by atoms with Gasteiger partial charge in [0.15, 0.2) is 0 Å². The molecule has 1 rings (SSSR count). The van der Waals surface area contributed by atoms with Gasteiger partial charge in [-0.3, -0.25) is 4.21 Å². The summed E-state index contributed by atoms with van der Waals surface area (Å²) < 4.78 is 10.9. The van der Waals surface area contributed by atoms with Crippen molar-refractivity contribution in [3.8, 4) is 0 Å². The van der Waals surface area contributed by atoms with Gasteiger partial charge in [0.05, 0.1) is 0 Å². The number of nitrogens with zero attached hydrogens (tertiary/aromatic N) is 1. The minimum Gasteiger partial charge on any atom is -0.313 e. The monoisotopic (exact) mass is 204 g/mol. The lowest BCUT2D eigenvalue weighted by Crippen LogP contribution is -2.31. The third-order valence-corrected chi connectivity index (χ3v) is 3.25. The molecule has 1 heterocycles. The highest BCUT2D eigenvalue weighted by Gasteiger charge is 2.12. The molecule has 2 unspecified atom stereocenters. The lowest BCUT2D eigenvalue weighted by molar-refractivity contribution is 0.308. The summed E-state index contributed by atoms with van der Waals surface area (Å²) in [7, 11) is -0.644. The highest BCUT2D eigenvalue weighted by atomic mass is 32.2. The summed E-state index contributed by atoms with van der Waals surface area (Å²) in [5.74, 6) is 0.814. The van der Waals surface area contributed by atoms with E-state index in [0.29, 0.717) is 6.04 Å². The molecule has 0 bridgehead atoms. The summed E-state index contributed by atoms with van der Waals surface area (Å²) in [6, 6.07) is 0.636. The van der Waals surface area contributed by atoms with Crippen molar-refractivity contribution >= 4 is 10.8 Å². The molecule has 13 heavy (non-hydrogen) atoms. The first-order valence-corrected chi connectivity index (χ1v) is 6.67. The molecule has 0 radical (unpaired) electrons. The smallest absolute Gasteiger partial charge is 0.0359 e. The van der Waals surface area contributed by atoms with E-state index in [1.54, 1.807) is 6.26 Å². The minimum absolute atomic E-state index is 0.636. The Labute approximate surface area is 83.3 Å². The largest absolute Gasteiger partial charge is 0.313 e. The molecule has 0 saturated carbocycles. The first kappa shape index (κ1) is 11.1. The second-order valence-electron chi connectivity index (χ2n) is 3.76. The Morgan fingerprint density at radius 3 is 3.00 bits per heavy atom. The van der Waals surface area contributed by atoms with Crippen LogP contribution in [0.25, 0.3) is 0 Å². The Kier molecular flexibility index (Phi) is 4.91. The molecule has 0 amide bonds. The average Bonchev–Trinajstić information content (AvgIpc) is 2.27. The van der Waals surface area contributed by atoms with E-state index in [2.05, 4.69) is 17.1 Å². The second kappa shape index (κ2) is 5.73. The van der Waals surface area contributed by atoms with Gasteiger partial charge in [0, 0.05) is 48.5 Å². The molecule has 2 atom stereocenters. The van der Waals surface area contributed by atoms with Crippen LogP contribution in [0, 0.1) is 0 Å². The zero-order valence-corrected chi connectivity index (χ0v) is 9.40. The van der Waals surface area contributed by atoms with Crippen LogP contribution in [-0.2, 0) is 10.8 Å². The molecule has 0 aromatic heterocycles. The second-order valence-corrected chi connectivity index (χ2v) is 5.32. The van der Waals surface area contributed by atoms with Gasteiger partial charge < -0.3 is 10.2 Å². The summed E-state index contributed by atoms with van der Waals surface area (Å²) in [4.78, 5) is 2.40. The van der Waals surface area contributed by atoms with Crippen molar-refractivity contribution in [1.82, 2.24) is 10.2 Å². The first-order valence-electron chi connectivity index (χ1n) is 4.94. The maximum Gasteiger partial charge on any atom is 0.0359 e. The normalized spacial score (nSPS) is 28.3. The van der Waals surface area contributed by atoms with E-state index in [1.165, 1.54) is 6.42 Å². The molecule has 1 N–H and O–H groups in total. The molecule has 1 fully saturated rings. The lowest BCUT2D eigenvalue weighted by atomic mass is 10.2. The fraction of sp³-hybridized carbons (Fsp3) is 1.00. The highest BCUT2D eigenvalue weighted by Crippen LogP contribution is 2.00. The van der Waals surface area contributed by atoms with Gasteiger partial charge in [-0.15, -0.1) is 0 Å². The summed E-state index contributed by atoms with van der Waals surface area (Å²) in [5, 5.41) is 3.44. The zero-order chi connectivity index (χ0) is 9.68. The molecule has 0 aromatic rings. The Morgan fingerprint density at radius 1 is 1.54 bits per heavy atom. The van der Waals surface area contributed by atoms with Crippen LogP contribution in [0.1, 0.15) is 13.3 Å². The lowest BCUT2D eigenvalue weighted by Gasteiger charge is -2.18. The molecule has 4 heteroatoms. The Morgan fingerprint density at radius 2 is 2.31 bits per heavy atom. The molecular weight excluding hydrogens is 184 g/mol. The van der Waals surface area contributed by atoms with Gasteiger partial charge in [0.2, 0.25) is 0 Å². The molecule has 1 aliphatic heterocycles. The number of nitrogens with one attached hydrogen (secondary N) is 1. The summed E-state index contributed by atoms with van der Waals surface area (Å²) in [5.41, 5.74) is 0. The number of rotatable bonds is 3. The van der Waals surface area contributed by atoms with Crippen LogP contribution >= 0.6 is 0 Å². The van der Waals surface area contributed by atoms with Crippen molar-refractivity contribution in [2.45, 2.75) is 19.4 Å². The van der Waals surface area contributed by atoms with Crippen LogP contribution in [0.5, 0.6) is 0 Å². The van der Waals surface area contributed by atoms with Gasteiger partial charge in [-0.1, -0.05) is 0 Å². The molecule has 1 saturated heterocycles. The van der Waals surface area contributed by atoms with Gasteiger partial charge >= 0.3 is 0 Å². The predicted octanol–water partition coefficient (Wildman–Crippen LogP) is 0.0487. The van der Waals surface area contributed by atoms with Gasteiger partial charge in [-0.05, 0) is 19.9 Å². The molecule has 78 valence electrons. The molecule has 1 aliphatic rings. The molecule has 0 aliphatic carbocycles. The minimum atomic E-state index is -0.644. The van der Waals surface area contributed by atoms with Gasteiger partial charge in [-0.25, -0.2) is 0 Å². The van der Waals surface area contributed by atoms with Gasteiger partial charge in [0.25, 0.3) is 0 Å². The number of hydrogen-bond acceptors (Lipinski definition) is 3. The van der Waals surface area contributed by atoms with E-state index in [1.807, 2.05) is 0 Å². The van der Waals surface area contributed by atoms with Crippen LogP contribution in [0.4, 0.5) is 0 Å². The first-order chi connectivity index (χ1) is 6.18. The molecule has 0 spiro atoms. The van der Waals surface area contributed by atoms with Crippen molar-refractivity contribution in [2.75, 3.05) is 38.2 Å². The van der Waals surface area contributed by atoms with Crippen molar-refractivity contribution in [3.63, 3.8) is 0 Å². The van der Waals surface area contributed by atoms with Crippen molar-refractivity contribution in [1.29, 1.82) is 0 Å². The van der Waals surface area contributed by atoms with Crippen molar-refractivity contribution in [3.05, 3.63) is 0 Å². The van der Waals surface area contributed by atoms with E-state index in [9.17, 15) is 4.21 Å². The van der Waals surface area contributed by atoms with Crippen molar-refractivity contribution in [2.24, 2.45) is 0 Å². The molecular formula is C9H20N2OS. The Hall–Kier alpha value is 0.0700. The summed E-state index contributed by atoms with van der Waals surface area (Å²) in [6.45, 7) is 6.52. The maximum atomic E-state index is 10.9. The third kappa shape index (κ3) is 4.74. The van der Waals surface area contributed by atoms with E-state index < -0.39 is 10.8 Å². The van der Waals surface area contributed by atoms with E-state index in [0.717, 1.165) is 31.9 Å². The van der Waals surface area contributed by atoms with Gasteiger partial charge in [0.1, 0.15) is 0 Å². The summed E-state index contributed by atoms with van der Waals surface area (Å²) >= 11 is 0. The average molecular weight is 204 g/mol. The van der Waals surface area contributed by atoms with E-state index in [4.69, 9.17) is 0 Å². The topological polar surface area (TPSA) is 32.3 Å². The van der Waals surface area contributed by atoms with Crippen molar-refractivity contribution < 1.29 is 4.21 Å². The zero-order valence-electron chi connectivity index (χ0n) is 8.58. The third-order valence-electron chi connectivity index (χ3n) is 2.49. The van der Waals surface area contributed by atoms with Crippen LogP contribution in [0.2, 0.25) is 0 Å². The number of hydrogen-bond donors (Lipinski definition) is 1. The Bertz CT molecular complexity index is 175. The SMILES string of the molecule is CC1CCN(CCS(C)=O)CCN1. The van der Waals surface area contributed by atoms with Crippen LogP contribution in [-0.4, -0.2) is 53.3 Å². The van der Waals surface area contributed by atoms with Crippen LogP contribution in [0.15, 0.2) is 0 Å². The molecule has 0 aromatic carbocycles. The fourth-order valence-corrected chi connectivity index (χ4v) is 2.06. The maximum absolute atomic E-state index is 10.9. The predicted molar refractivity (Wildman–Crippen MR) is 57.5 cm³/mol. The highest BCUT2D eigenvalue weighted by molar-refractivity contribution is 7.84. The standard InChI is InChI=1S/C9H20N2OS/c1-9-3-5-11(6-4-10-9)7-8-13(2)12/h9-10H,3-8H2,1-2H3. The van der Waals surface area contributed by atoms with E-state index >= 15 is 0 Å². The molecule has 3 nitrogen and oxygen atoms in total. The fourth-order valence-electron chi connectivity index (χ4n) is 1.54. The van der Waals surface area contributed by atoms with Crippen LogP contribution in [0.3, 0.4) is 0 Å². The van der Waals surface area contributed by atoms with Crippen LogP contribution < -0.4 is 5.32 Å². The van der Waals surface area contributed by atoms with Gasteiger partial charge in [-0.2, -0.15) is 0 Å². The van der Waals surface area contributed by atoms with E-state index in [-0.39, 0.29) is 0 Å². The Balaban J connectivity index is 2.22. The summed E-state index contributed by atoms with van der Waals surface area (Å²) in [6.07, 6.45) is 2.98.